The van der Waals surface area contributed by atoms with Crippen molar-refractivity contribution in [2.24, 2.45) is 0 Å². The Morgan fingerprint density at radius 1 is 0.944 bits per heavy atom. The molecule has 0 aromatic heterocycles. The minimum Gasteiger partial charge on any atom is -0.253 e. The van der Waals surface area contributed by atoms with Crippen LogP contribution in [0.15, 0.2) is 58.3 Å². The van der Waals surface area contributed by atoms with Crippen LogP contribution in [0.1, 0.15) is 5.56 Å². The van der Waals surface area contributed by atoms with Crippen LogP contribution in [0.4, 0.5) is 0 Å². The molecule has 0 bridgehead atoms. The Morgan fingerprint density at radius 2 is 1.50 bits per heavy atom. The molecular weight excluding hydrogens is 270 g/mol. The fourth-order valence-corrected chi connectivity index (χ4v) is 3.70. The van der Waals surface area contributed by atoms with Gasteiger partial charge in [0.1, 0.15) is 0 Å². The molecule has 3 nitrogen and oxygen atoms in total. The zero-order chi connectivity index (χ0) is 13.2. The maximum Gasteiger partial charge on any atom is 0.208 e. The molecule has 2 aromatic rings. The van der Waals surface area contributed by atoms with Crippen molar-refractivity contribution in [3.63, 3.8) is 0 Å². The molecule has 0 saturated carbocycles. The van der Waals surface area contributed by atoms with E-state index in [9.17, 15) is 8.42 Å². The summed E-state index contributed by atoms with van der Waals surface area (Å²) in [5.41, 5.74) is 7.85. The third-order valence-electron chi connectivity index (χ3n) is 2.58. The second kappa shape index (κ2) is 5.10. The number of benzene rings is 2. The summed E-state index contributed by atoms with van der Waals surface area (Å²) in [6.45, 7) is -0.0835. The van der Waals surface area contributed by atoms with E-state index < -0.39 is 9.84 Å². The van der Waals surface area contributed by atoms with E-state index in [2.05, 4.69) is 0 Å². The molecule has 0 aliphatic heterocycles. The molecule has 0 aliphatic carbocycles. The first-order valence-electron chi connectivity index (χ1n) is 5.29. The molecule has 93 valence electrons. The van der Waals surface area contributed by atoms with Crippen LogP contribution >= 0.6 is 11.6 Å². The highest BCUT2D eigenvalue weighted by Gasteiger charge is 2.22. The van der Waals surface area contributed by atoms with Gasteiger partial charge in [-0.2, -0.15) is 0 Å². The van der Waals surface area contributed by atoms with E-state index >= 15 is 0 Å². The van der Waals surface area contributed by atoms with Crippen molar-refractivity contribution in [2.45, 2.75) is 16.3 Å². The molecule has 1 N–H and O–H groups in total. The van der Waals surface area contributed by atoms with Crippen molar-refractivity contribution < 1.29 is 8.42 Å². The zero-order valence-electron chi connectivity index (χ0n) is 9.43. The van der Waals surface area contributed by atoms with Gasteiger partial charge in [0.25, 0.3) is 0 Å². The average Bonchev–Trinajstić information content (AvgIpc) is 2.39. The highest BCUT2D eigenvalue weighted by atomic mass is 35.5. The lowest BCUT2D eigenvalue weighted by molar-refractivity contribution is 0.595. The Balaban J connectivity index is 2.66. The molecule has 0 unspecified atom stereocenters. The Kier molecular flexibility index (Phi) is 3.71. The molecule has 0 aliphatic rings. The van der Waals surface area contributed by atoms with E-state index in [1.807, 2.05) is 0 Å². The van der Waals surface area contributed by atoms with Crippen LogP contribution in [0, 0.1) is 0 Å². The van der Waals surface area contributed by atoms with Crippen LogP contribution in [-0.2, 0) is 16.4 Å². The Morgan fingerprint density at radius 3 is 2.11 bits per heavy atom. The number of hydrogen-bond donors (Lipinski definition) is 0. The lowest BCUT2D eigenvalue weighted by Gasteiger charge is -2.09. The maximum absolute atomic E-state index is 12.5. The predicted molar refractivity (Wildman–Crippen MR) is 70.1 cm³/mol. The van der Waals surface area contributed by atoms with E-state index in [-0.39, 0.29) is 21.4 Å². The maximum atomic E-state index is 12.5. The SMILES string of the molecule is [NH]Cc1ccccc1S(=O)(=O)c1ccccc1Cl. The zero-order valence-corrected chi connectivity index (χ0v) is 11.0. The Bertz CT molecular complexity index is 668. The quantitative estimate of drug-likeness (QED) is 0.868. The molecule has 1 radical (unpaired) electrons. The minimum atomic E-state index is -3.66. The summed E-state index contributed by atoms with van der Waals surface area (Å²) in [4.78, 5) is 0.223. The van der Waals surface area contributed by atoms with Crippen molar-refractivity contribution in [1.82, 2.24) is 5.73 Å². The van der Waals surface area contributed by atoms with Gasteiger partial charge in [-0.15, -0.1) is 0 Å². The smallest absolute Gasteiger partial charge is 0.208 e. The van der Waals surface area contributed by atoms with Crippen molar-refractivity contribution >= 4 is 21.4 Å². The normalized spacial score (nSPS) is 11.4. The molecule has 0 fully saturated rings. The second-order valence-electron chi connectivity index (χ2n) is 3.72. The van der Waals surface area contributed by atoms with E-state index in [4.69, 9.17) is 17.3 Å². The third kappa shape index (κ3) is 2.27. The van der Waals surface area contributed by atoms with Crippen molar-refractivity contribution in [1.29, 1.82) is 0 Å². The molecule has 0 atom stereocenters. The first kappa shape index (κ1) is 13.1. The second-order valence-corrected chi connectivity index (χ2v) is 6.01. The van der Waals surface area contributed by atoms with Crippen LogP contribution in [0.3, 0.4) is 0 Å². The van der Waals surface area contributed by atoms with Gasteiger partial charge in [0.2, 0.25) is 9.84 Å². The van der Waals surface area contributed by atoms with Crippen molar-refractivity contribution in [3.8, 4) is 0 Å². The van der Waals surface area contributed by atoms with Crippen LogP contribution in [0.2, 0.25) is 5.02 Å². The summed E-state index contributed by atoms with van der Waals surface area (Å²) in [5, 5.41) is 0.192. The standard InChI is InChI=1S/C13H11ClNO2S/c14-11-6-2-4-8-13(11)18(16,17)12-7-3-1-5-10(12)9-15/h1-8,15H,9H2. The highest BCUT2D eigenvalue weighted by Crippen LogP contribution is 2.29. The fraction of sp³-hybridized carbons (Fsp3) is 0.0769. The Labute approximate surface area is 111 Å². The summed E-state index contributed by atoms with van der Waals surface area (Å²) in [6, 6.07) is 12.8. The highest BCUT2D eigenvalue weighted by molar-refractivity contribution is 7.91. The largest absolute Gasteiger partial charge is 0.253 e. The van der Waals surface area contributed by atoms with Crippen molar-refractivity contribution in [3.05, 3.63) is 59.1 Å². The molecule has 2 rings (SSSR count). The van der Waals surface area contributed by atoms with E-state index in [0.29, 0.717) is 5.56 Å². The monoisotopic (exact) mass is 280 g/mol. The van der Waals surface area contributed by atoms with Gasteiger partial charge in [-0.3, -0.25) is 5.73 Å². The first-order chi connectivity index (χ1) is 8.57. The molecule has 0 spiro atoms. The number of nitrogens with one attached hydrogen (secondary N) is 1. The van der Waals surface area contributed by atoms with Gasteiger partial charge in [0.05, 0.1) is 14.8 Å². The summed E-state index contributed by atoms with van der Waals surface area (Å²) in [6.07, 6.45) is 0. The van der Waals surface area contributed by atoms with Gasteiger partial charge in [-0.05, 0) is 23.8 Å². The summed E-state index contributed by atoms with van der Waals surface area (Å²) >= 11 is 5.93. The molecule has 5 heteroatoms. The van der Waals surface area contributed by atoms with Gasteiger partial charge in [-0.25, -0.2) is 8.42 Å². The van der Waals surface area contributed by atoms with Gasteiger partial charge in [0, 0.05) is 6.54 Å². The lowest BCUT2D eigenvalue weighted by atomic mass is 10.2. The number of halogens is 1. The summed E-state index contributed by atoms with van der Waals surface area (Å²) in [5.74, 6) is 0. The van der Waals surface area contributed by atoms with Gasteiger partial charge in [0.15, 0.2) is 0 Å². The van der Waals surface area contributed by atoms with Crippen LogP contribution in [0.5, 0.6) is 0 Å². The minimum absolute atomic E-state index is 0.0765. The van der Waals surface area contributed by atoms with E-state index in [1.54, 1.807) is 30.3 Å². The predicted octanol–water partition coefficient (Wildman–Crippen LogP) is 2.96. The molecule has 0 amide bonds. The first-order valence-corrected chi connectivity index (χ1v) is 7.15. The molecule has 0 saturated heterocycles. The Hall–Kier alpha value is -1.36. The summed E-state index contributed by atoms with van der Waals surface area (Å²) in [7, 11) is -3.66. The average molecular weight is 281 g/mol. The summed E-state index contributed by atoms with van der Waals surface area (Å²) < 4.78 is 24.9. The van der Waals surface area contributed by atoms with Gasteiger partial charge < -0.3 is 0 Å². The molecule has 0 heterocycles. The van der Waals surface area contributed by atoms with Crippen molar-refractivity contribution in [2.75, 3.05) is 0 Å². The topological polar surface area (TPSA) is 57.9 Å². The van der Waals surface area contributed by atoms with E-state index in [1.165, 1.54) is 18.2 Å². The lowest BCUT2D eigenvalue weighted by Crippen LogP contribution is -2.06. The fourth-order valence-electron chi connectivity index (χ4n) is 1.69. The van der Waals surface area contributed by atoms with Crippen LogP contribution < -0.4 is 5.73 Å². The number of sulfone groups is 1. The van der Waals surface area contributed by atoms with Crippen LogP contribution in [0.25, 0.3) is 0 Å². The number of rotatable bonds is 3. The number of hydrogen-bond acceptors (Lipinski definition) is 2. The van der Waals surface area contributed by atoms with Gasteiger partial charge in [-0.1, -0.05) is 41.9 Å². The molecular formula is C13H11ClNO2S. The van der Waals surface area contributed by atoms with Crippen LogP contribution in [-0.4, -0.2) is 8.42 Å². The van der Waals surface area contributed by atoms with E-state index in [0.717, 1.165) is 0 Å². The molecule has 18 heavy (non-hydrogen) atoms. The third-order valence-corrected chi connectivity index (χ3v) is 4.93. The van der Waals surface area contributed by atoms with Gasteiger partial charge >= 0.3 is 0 Å². The molecule has 2 aromatic carbocycles.